The minimum absolute atomic E-state index is 0.182. The maximum Gasteiger partial charge on any atom is 0.210 e. The highest BCUT2D eigenvalue weighted by Crippen LogP contribution is 2.43. The fraction of sp³-hybridized carbons (Fsp3) is 0.889. The zero-order valence-corrected chi connectivity index (χ0v) is 7.79. The van der Waals surface area contributed by atoms with Gasteiger partial charge in [-0.15, -0.1) is 0 Å². The predicted octanol–water partition coefficient (Wildman–Crippen LogP) is 1.51. The molecular weight excluding hydrogens is 138 g/mol. The molecule has 0 radical (unpaired) electrons. The topological polar surface area (TPSA) is 20.1 Å². The summed E-state index contributed by atoms with van der Waals surface area (Å²) >= 11 is 0. The Hall–Kier alpha value is -0.530. The summed E-state index contributed by atoms with van der Waals surface area (Å²) in [6.07, 6.45) is 0.972. The smallest absolute Gasteiger partial charge is 0.210 e. The molecule has 0 saturated carbocycles. The highest BCUT2D eigenvalue weighted by atomic mass is 16.1. The van der Waals surface area contributed by atoms with Gasteiger partial charge < -0.3 is 4.90 Å². The first-order valence-electron chi connectivity index (χ1n) is 4.27. The molecule has 1 aliphatic heterocycles. The maximum absolute atomic E-state index is 10.5. The standard InChI is InChI=1S/C9H17NO/c1-7(2)9(8(3)4)5-10(9)6-11/h6-8H,5H2,1-4H3. The molecule has 0 atom stereocenters. The third-order valence-electron chi connectivity index (χ3n) is 2.98. The summed E-state index contributed by atoms with van der Waals surface area (Å²) in [5.41, 5.74) is 0.182. The zero-order chi connectivity index (χ0) is 8.65. The molecule has 11 heavy (non-hydrogen) atoms. The first kappa shape index (κ1) is 8.57. The average molecular weight is 155 g/mol. The van der Waals surface area contributed by atoms with E-state index in [2.05, 4.69) is 27.7 Å². The highest BCUT2D eigenvalue weighted by molar-refractivity contribution is 5.55. The molecule has 1 fully saturated rings. The number of nitrogens with zero attached hydrogens (tertiary/aromatic N) is 1. The fourth-order valence-corrected chi connectivity index (χ4v) is 2.07. The Morgan fingerprint density at radius 2 is 1.73 bits per heavy atom. The van der Waals surface area contributed by atoms with Gasteiger partial charge >= 0.3 is 0 Å². The minimum atomic E-state index is 0.182. The molecule has 1 saturated heterocycles. The van der Waals surface area contributed by atoms with Crippen molar-refractivity contribution in [3.63, 3.8) is 0 Å². The Kier molecular flexibility index (Phi) is 1.95. The molecule has 1 heterocycles. The van der Waals surface area contributed by atoms with Crippen LogP contribution in [0.15, 0.2) is 0 Å². The van der Waals surface area contributed by atoms with Crippen molar-refractivity contribution in [2.45, 2.75) is 33.2 Å². The molecule has 0 aromatic heterocycles. The summed E-state index contributed by atoms with van der Waals surface area (Å²) in [6, 6.07) is 0. The maximum atomic E-state index is 10.5. The number of amides is 1. The Balaban J connectivity index is 2.70. The first-order chi connectivity index (χ1) is 5.05. The van der Waals surface area contributed by atoms with Crippen molar-refractivity contribution in [1.82, 2.24) is 4.90 Å². The Morgan fingerprint density at radius 1 is 1.27 bits per heavy atom. The van der Waals surface area contributed by atoms with E-state index < -0.39 is 0 Å². The largest absolute Gasteiger partial charge is 0.335 e. The molecule has 0 bridgehead atoms. The molecule has 0 spiro atoms. The Morgan fingerprint density at radius 3 is 1.82 bits per heavy atom. The van der Waals surface area contributed by atoms with E-state index in [9.17, 15) is 4.79 Å². The number of hydrogen-bond acceptors (Lipinski definition) is 1. The summed E-state index contributed by atoms with van der Waals surface area (Å²) < 4.78 is 0. The van der Waals surface area contributed by atoms with Crippen LogP contribution in [0.25, 0.3) is 0 Å². The minimum Gasteiger partial charge on any atom is -0.335 e. The summed E-state index contributed by atoms with van der Waals surface area (Å²) in [7, 11) is 0. The van der Waals surface area contributed by atoms with Crippen molar-refractivity contribution in [3.05, 3.63) is 0 Å². The lowest BCUT2D eigenvalue weighted by atomic mass is 9.85. The lowest BCUT2D eigenvalue weighted by Crippen LogP contribution is -2.31. The van der Waals surface area contributed by atoms with Crippen LogP contribution >= 0.6 is 0 Å². The number of carbonyl (C=O) groups excluding carboxylic acids is 1. The SMILES string of the molecule is CC(C)C1(C(C)C)CN1C=O. The molecule has 1 rings (SSSR count). The summed E-state index contributed by atoms with van der Waals surface area (Å²) in [5.74, 6) is 1.15. The van der Waals surface area contributed by atoms with Crippen LogP contribution in [-0.4, -0.2) is 23.4 Å². The third-order valence-corrected chi connectivity index (χ3v) is 2.98. The molecular formula is C9H17NO. The van der Waals surface area contributed by atoms with Gasteiger partial charge in [-0.25, -0.2) is 0 Å². The number of rotatable bonds is 3. The van der Waals surface area contributed by atoms with E-state index in [1.54, 1.807) is 0 Å². The van der Waals surface area contributed by atoms with Crippen molar-refractivity contribution >= 4 is 6.41 Å². The Labute approximate surface area is 68.6 Å². The highest BCUT2D eigenvalue weighted by Gasteiger charge is 2.55. The molecule has 0 aromatic carbocycles. The van der Waals surface area contributed by atoms with Gasteiger partial charge in [0.1, 0.15) is 0 Å². The van der Waals surface area contributed by atoms with Crippen LogP contribution in [0.5, 0.6) is 0 Å². The zero-order valence-electron chi connectivity index (χ0n) is 7.79. The summed E-state index contributed by atoms with van der Waals surface area (Å²) in [5, 5.41) is 0. The lowest BCUT2D eigenvalue weighted by molar-refractivity contribution is -0.115. The quantitative estimate of drug-likeness (QED) is 0.447. The number of hydrogen-bond donors (Lipinski definition) is 0. The molecule has 1 aliphatic rings. The summed E-state index contributed by atoms with van der Waals surface area (Å²) in [4.78, 5) is 12.4. The monoisotopic (exact) mass is 155 g/mol. The molecule has 0 N–H and O–H groups in total. The van der Waals surface area contributed by atoms with Gasteiger partial charge in [0.15, 0.2) is 0 Å². The Bertz CT molecular complexity index is 155. The van der Waals surface area contributed by atoms with Gasteiger partial charge in [-0.1, -0.05) is 27.7 Å². The van der Waals surface area contributed by atoms with Crippen molar-refractivity contribution in [2.75, 3.05) is 6.54 Å². The predicted molar refractivity (Wildman–Crippen MR) is 45.2 cm³/mol. The van der Waals surface area contributed by atoms with E-state index >= 15 is 0 Å². The van der Waals surface area contributed by atoms with Crippen LogP contribution in [0.3, 0.4) is 0 Å². The van der Waals surface area contributed by atoms with Crippen LogP contribution < -0.4 is 0 Å². The van der Waals surface area contributed by atoms with E-state index in [1.807, 2.05) is 4.90 Å². The lowest BCUT2D eigenvalue weighted by Gasteiger charge is -2.23. The molecule has 1 amide bonds. The van der Waals surface area contributed by atoms with E-state index in [4.69, 9.17) is 0 Å². The van der Waals surface area contributed by atoms with E-state index in [1.165, 1.54) is 0 Å². The second kappa shape index (κ2) is 2.50. The molecule has 64 valence electrons. The van der Waals surface area contributed by atoms with Gasteiger partial charge in [0, 0.05) is 6.54 Å². The van der Waals surface area contributed by atoms with Gasteiger partial charge in [0.25, 0.3) is 0 Å². The molecule has 2 heteroatoms. The molecule has 0 aromatic rings. The van der Waals surface area contributed by atoms with Crippen LogP contribution in [-0.2, 0) is 4.79 Å². The molecule has 0 unspecified atom stereocenters. The van der Waals surface area contributed by atoms with E-state index in [-0.39, 0.29) is 5.54 Å². The normalized spacial score (nSPS) is 21.1. The van der Waals surface area contributed by atoms with Gasteiger partial charge in [-0.3, -0.25) is 4.79 Å². The van der Waals surface area contributed by atoms with Gasteiger partial charge in [0.05, 0.1) is 5.54 Å². The van der Waals surface area contributed by atoms with Crippen LogP contribution in [0.4, 0.5) is 0 Å². The second-order valence-electron chi connectivity index (χ2n) is 4.03. The van der Waals surface area contributed by atoms with Crippen molar-refractivity contribution < 1.29 is 4.79 Å². The van der Waals surface area contributed by atoms with E-state index in [0.717, 1.165) is 13.0 Å². The van der Waals surface area contributed by atoms with Crippen LogP contribution in [0.2, 0.25) is 0 Å². The third kappa shape index (κ3) is 1.05. The van der Waals surface area contributed by atoms with Crippen molar-refractivity contribution in [1.29, 1.82) is 0 Å². The van der Waals surface area contributed by atoms with E-state index in [0.29, 0.717) is 11.8 Å². The molecule has 0 aliphatic carbocycles. The van der Waals surface area contributed by atoms with Gasteiger partial charge in [-0.05, 0) is 11.8 Å². The molecule has 2 nitrogen and oxygen atoms in total. The van der Waals surface area contributed by atoms with Crippen molar-refractivity contribution in [3.8, 4) is 0 Å². The summed E-state index contributed by atoms with van der Waals surface area (Å²) in [6.45, 7) is 9.69. The van der Waals surface area contributed by atoms with Crippen LogP contribution in [0, 0.1) is 11.8 Å². The van der Waals surface area contributed by atoms with Crippen LogP contribution in [0.1, 0.15) is 27.7 Å². The fourth-order valence-electron chi connectivity index (χ4n) is 2.07. The number of carbonyl (C=O) groups is 1. The van der Waals surface area contributed by atoms with Gasteiger partial charge in [0.2, 0.25) is 6.41 Å². The second-order valence-corrected chi connectivity index (χ2v) is 4.03. The van der Waals surface area contributed by atoms with Crippen molar-refractivity contribution in [2.24, 2.45) is 11.8 Å². The first-order valence-corrected chi connectivity index (χ1v) is 4.27. The average Bonchev–Trinajstić information content (AvgIpc) is 2.61. The van der Waals surface area contributed by atoms with Gasteiger partial charge in [-0.2, -0.15) is 0 Å².